The Labute approximate surface area is 222 Å². The second kappa shape index (κ2) is 11.6. The molecule has 4 heterocycles. The maximum atomic E-state index is 13.7. The Morgan fingerprint density at radius 3 is 2.66 bits per heavy atom. The van der Waals surface area contributed by atoms with Crippen molar-refractivity contribution in [3.8, 4) is 11.5 Å². The van der Waals surface area contributed by atoms with Gasteiger partial charge in [0.25, 0.3) is 5.56 Å². The summed E-state index contributed by atoms with van der Waals surface area (Å²) in [5, 5.41) is 15.3. The lowest BCUT2D eigenvalue weighted by Crippen LogP contribution is -2.34. The van der Waals surface area contributed by atoms with Gasteiger partial charge in [-0.25, -0.2) is 4.68 Å². The predicted molar refractivity (Wildman–Crippen MR) is 141 cm³/mol. The van der Waals surface area contributed by atoms with Crippen LogP contribution in [-0.2, 0) is 24.4 Å². The molecule has 1 N–H and O–H groups in total. The second-order valence-electron chi connectivity index (χ2n) is 8.57. The number of tetrazole rings is 1. The van der Waals surface area contributed by atoms with Crippen molar-refractivity contribution in [1.29, 1.82) is 0 Å². The molecule has 12 heteroatoms. The van der Waals surface area contributed by atoms with Crippen LogP contribution in [0.4, 0.5) is 0 Å². The first-order chi connectivity index (χ1) is 18.6. The zero-order valence-corrected chi connectivity index (χ0v) is 22.1. The first kappa shape index (κ1) is 25.6. The van der Waals surface area contributed by atoms with E-state index < -0.39 is 6.04 Å². The van der Waals surface area contributed by atoms with Crippen LogP contribution in [0, 0.1) is 0 Å². The van der Waals surface area contributed by atoms with Gasteiger partial charge >= 0.3 is 0 Å². The average molecular weight is 537 g/mol. The van der Waals surface area contributed by atoms with Crippen LogP contribution in [0.3, 0.4) is 0 Å². The number of hydrogen-bond acceptors (Lipinski definition) is 10. The molecule has 5 rings (SSSR count). The highest BCUT2D eigenvalue weighted by molar-refractivity contribution is 7.09. The molecule has 0 bridgehead atoms. The number of rotatable bonds is 12. The molecule has 198 valence electrons. The fourth-order valence-electron chi connectivity index (χ4n) is 4.44. The highest BCUT2D eigenvalue weighted by atomic mass is 32.1. The Morgan fingerprint density at radius 2 is 1.95 bits per heavy atom. The van der Waals surface area contributed by atoms with Gasteiger partial charge in [0.05, 0.1) is 45.7 Å². The van der Waals surface area contributed by atoms with Gasteiger partial charge in [-0.2, -0.15) is 0 Å². The minimum Gasteiger partial charge on any atom is -0.493 e. The van der Waals surface area contributed by atoms with Crippen LogP contribution in [0.2, 0.25) is 0 Å². The fourth-order valence-corrected chi connectivity index (χ4v) is 5.17. The number of H-pyrrole nitrogens is 1. The quantitative estimate of drug-likeness (QED) is 0.255. The van der Waals surface area contributed by atoms with Gasteiger partial charge in [0.1, 0.15) is 11.8 Å². The van der Waals surface area contributed by atoms with E-state index in [4.69, 9.17) is 18.6 Å². The predicted octanol–water partition coefficient (Wildman–Crippen LogP) is 3.62. The molecule has 0 radical (unpaired) electrons. The molecule has 4 aromatic heterocycles. The molecular weight excluding hydrogens is 508 g/mol. The SMILES string of the molecule is COCCn1nnnc1[C@H](c1cc2cc(OC)c(OC)cc2[nH]c1=O)N(Cc1ccco1)Cc1cccs1. The van der Waals surface area contributed by atoms with Gasteiger partial charge in [-0.05, 0) is 46.1 Å². The number of methoxy groups -OCH3 is 3. The van der Waals surface area contributed by atoms with Crippen LogP contribution in [-0.4, -0.2) is 58.0 Å². The lowest BCUT2D eigenvalue weighted by Gasteiger charge is -2.30. The molecule has 1 aromatic carbocycles. The highest BCUT2D eigenvalue weighted by Crippen LogP contribution is 2.34. The zero-order valence-electron chi connectivity index (χ0n) is 21.3. The second-order valence-corrected chi connectivity index (χ2v) is 9.60. The number of thiophene rings is 1. The maximum Gasteiger partial charge on any atom is 0.253 e. The molecule has 1 atom stereocenters. The molecule has 0 unspecified atom stereocenters. The average Bonchev–Trinajstić information content (AvgIpc) is 3.71. The molecule has 0 saturated carbocycles. The Morgan fingerprint density at radius 1 is 1.11 bits per heavy atom. The van der Waals surface area contributed by atoms with Crippen molar-refractivity contribution < 1.29 is 18.6 Å². The summed E-state index contributed by atoms with van der Waals surface area (Å²) in [6, 6.07) is 12.7. The van der Waals surface area contributed by atoms with Crippen LogP contribution in [0.5, 0.6) is 11.5 Å². The van der Waals surface area contributed by atoms with E-state index >= 15 is 0 Å². The summed E-state index contributed by atoms with van der Waals surface area (Å²) >= 11 is 1.64. The number of aromatic nitrogens is 5. The molecule has 0 amide bonds. The molecule has 0 saturated heterocycles. The summed E-state index contributed by atoms with van der Waals surface area (Å²) < 4.78 is 23.6. The Kier molecular flexibility index (Phi) is 7.82. The molecule has 0 spiro atoms. The summed E-state index contributed by atoms with van der Waals surface area (Å²) in [6.07, 6.45) is 1.64. The van der Waals surface area contributed by atoms with E-state index in [1.807, 2.05) is 35.7 Å². The number of pyridine rings is 1. The third-order valence-corrected chi connectivity index (χ3v) is 7.09. The summed E-state index contributed by atoms with van der Waals surface area (Å²) in [4.78, 5) is 20.0. The van der Waals surface area contributed by atoms with Crippen LogP contribution in [0.25, 0.3) is 10.9 Å². The maximum absolute atomic E-state index is 13.7. The van der Waals surface area contributed by atoms with E-state index in [0.29, 0.717) is 54.6 Å². The smallest absolute Gasteiger partial charge is 0.253 e. The van der Waals surface area contributed by atoms with Crippen molar-refractivity contribution in [2.45, 2.75) is 25.7 Å². The Balaban J connectivity index is 1.69. The monoisotopic (exact) mass is 536 g/mol. The zero-order chi connectivity index (χ0) is 26.5. The molecule has 0 fully saturated rings. The number of nitrogens with zero attached hydrogens (tertiary/aromatic N) is 5. The standard InChI is InChI=1S/C26H28N6O5S/c1-34-10-8-32-25(28-29-30-32)24(31(15-18-6-4-9-37-18)16-19-7-5-11-38-19)20-12-17-13-22(35-2)23(36-3)14-21(17)27-26(20)33/h4-7,9,11-14,24H,8,10,15-16H2,1-3H3,(H,27,33)/t24-/m0/s1. The van der Waals surface area contributed by atoms with Crippen molar-refractivity contribution in [2.24, 2.45) is 0 Å². The van der Waals surface area contributed by atoms with E-state index in [2.05, 4.69) is 31.5 Å². The summed E-state index contributed by atoms with van der Waals surface area (Å²) in [7, 11) is 4.76. The van der Waals surface area contributed by atoms with Crippen molar-refractivity contribution in [1.82, 2.24) is 30.1 Å². The third kappa shape index (κ3) is 5.32. The highest BCUT2D eigenvalue weighted by Gasteiger charge is 2.31. The van der Waals surface area contributed by atoms with Crippen molar-refractivity contribution in [3.05, 3.63) is 86.5 Å². The lowest BCUT2D eigenvalue weighted by molar-refractivity contribution is 0.164. The third-order valence-electron chi connectivity index (χ3n) is 6.23. The van der Waals surface area contributed by atoms with E-state index in [1.165, 1.54) is 0 Å². The van der Waals surface area contributed by atoms with Crippen molar-refractivity contribution in [2.75, 3.05) is 27.9 Å². The van der Waals surface area contributed by atoms with Crippen LogP contribution in [0.15, 0.2) is 63.3 Å². The van der Waals surface area contributed by atoms with E-state index in [-0.39, 0.29) is 5.56 Å². The number of furan rings is 1. The Hall–Kier alpha value is -4.00. The number of hydrogen-bond donors (Lipinski definition) is 1. The molecule has 5 aromatic rings. The minimum atomic E-state index is -0.602. The Bertz CT molecular complexity index is 1490. The number of aromatic amines is 1. The van der Waals surface area contributed by atoms with Gasteiger partial charge in [0.2, 0.25) is 0 Å². The number of nitrogens with one attached hydrogen (secondary N) is 1. The molecule has 0 aliphatic carbocycles. The summed E-state index contributed by atoms with van der Waals surface area (Å²) in [5.74, 6) is 2.37. The van der Waals surface area contributed by atoms with Crippen molar-refractivity contribution >= 4 is 22.2 Å². The minimum absolute atomic E-state index is 0.258. The van der Waals surface area contributed by atoms with Gasteiger partial charge in [-0.1, -0.05) is 6.07 Å². The fraction of sp³-hybridized carbons (Fsp3) is 0.308. The molecule has 0 aliphatic heterocycles. The summed E-state index contributed by atoms with van der Waals surface area (Å²) in [6.45, 7) is 1.82. The number of ether oxygens (including phenoxy) is 3. The van der Waals surface area contributed by atoms with Gasteiger partial charge in [-0.3, -0.25) is 9.69 Å². The van der Waals surface area contributed by atoms with E-state index in [0.717, 1.165) is 16.0 Å². The first-order valence-electron chi connectivity index (χ1n) is 11.9. The van der Waals surface area contributed by atoms with Gasteiger partial charge in [0.15, 0.2) is 17.3 Å². The number of fused-ring (bicyclic) bond motifs is 1. The van der Waals surface area contributed by atoms with E-state index in [1.54, 1.807) is 49.7 Å². The summed E-state index contributed by atoms with van der Waals surface area (Å²) in [5.41, 5.74) is 0.859. The van der Waals surface area contributed by atoms with Gasteiger partial charge in [0, 0.05) is 35.5 Å². The molecular formula is C26H28N6O5S. The van der Waals surface area contributed by atoms with Crippen LogP contribution >= 0.6 is 11.3 Å². The molecule has 0 aliphatic rings. The normalized spacial score (nSPS) is 12.3. The van der Waals surface area contributed by atoms with Gasteiger partial charge in [-0.15, -0.1) is 16.4 Å². The molecule has 38 heavy (non-hydrogen) atoms. The molecule has 11 nitrogen and oxygen atoms in total. The largest absolute Gasteiger partial charge is 0.493 e. The van der Waals surface area contributed by atoms with Crippen LogP contribution < -0.4 is 15.0 Å². The van der Waals surface area contributed by atoms with Crippen molar-refractivity contribution in [3.63, 3.8) is 0 Å². The van der Waals surface area contributed by atoms with E-state index in [9.17, 15) is 4.79 Å². The topological polar surface area (TPSA) is 121 Å². The first-order valence-corrected chi connectivity index (χ1v) is 12.8. The van der Waals surface area contributed by atoms with Crippen LogP contribution in [0.1, 0.15) is 28.1 Å². The number of benzene rings is 1. The lowest BCUT2D eigenvalue weighted by atomic mass is 10.0. The van der Waals surface area contributed by atoms with Gasteiger partial charge < -0.3 is 23.6 Å².